The van der Waals surface area contributed by atoms with E-state index >= 15 is 0 Å². The molecule has 2 rings (SSSR count). The van der Waals surface area contributed by atoms with Crippen LogP contribution in [0.3, 0.4) is 0 Å². The molecule has 2 aromatic rings. The van der Waals surface area contributed by atoms with Gasteiger partial charge in [0.1, 0.15) is 5.75 Å². The second-order valence-electron chi connectivity index (χ2n) is 4.92. The summed E-state index contributed by atoms with van der Waals surface area (Å²) in [5.74, 6) is 1.97. The first-order valence-corrected chi connectivity index (χ1v) is 8.65. The summed E-state index contributed by atoms with van der Waals surface area (Å²) in [5, 5.41) is 12.1. The van der Waals surface area contributed by atoms with Crippen molar-refractivity contribution in [1.82, 2.24) is 20.1 Å². The number of aromatic nitrogens is 3. The molecule has 1 amide bonds. The molecule has 1 N–H and O–H groups in total. The molecule has 1 aromatic heterocycles. The number of nitrogens with one attached hydrogen (secondary N) is 1. The number of thioether (sulfide) groups is 1. The topological polar surface area (TPSA) is 69.0 Å². The van der Waals surface area contributed by atoms with Crippen LogP contribution in [0.4, 0.5) is 0 Å². The van der Waals surface area contributed by atoms with Crippen LogP contribution in [0.15, 0.2) is 29.4 Å². The second-order valence-corrected chi connectivity index (χ2v) is 5.86. The van der Waals surface area contributed by atoms with Crippen molar-refractivity contribution < 1.29 is 9.53 Å². The average molecular weight is 334 g/mol. The molecule has 0 radical (unpaired) electrons. The van der Waals surface area contributed by atoms with Crippen molar-refractivity contribution in [2.45, 2.75) is 32.0 Å². The minimum absolute atomic E-state index is 0.0218. The second kappa shape index (κ2) is 8.57. The van der Waals surface area contributed by atoms with E-state index in [9.17, 15) is 4.79 Å². The van der Waals surface area contributed by atoms with E-state index in [4.69, 9.17) is 4.74 Å². The lowest BCUT2D eigenvalue weighted by atomic mass is 10.2. The number of ether oxygens (including phenoxy) is 1. The highest BCUT2D eigenvalue weighted by Crippen LogP contribution is 2.25. The molecule has 1 aromatic carbocycles. The molecule has 0 saturated carbocycles. The van der Waals surface area contributed by atoms with Gasteiger partial charge < -0.3 is 14.6 Å². The van der Waals surface area contributed by atoms with Crippen molar-refractivity contribution in [2.75, 3.05) is 19.4 Å². The summed E-state index contributed by atoms with van der Waals surface area (Å²) in [7, 11) is 1.64. The van der Waals surface area contributed by atoms with Gasteiger partial charge in [-0.2, -0.15) is 0 Å². The summed E-state index contributed by atoms with van der Waals surface area (Å²) in [6, 6.07) is 7.71. The molecule has 0 atom stereocenters. The lowest BCUT2D eigenvalue weighted by Crippen LogP contribution is -2.25. The molecule has 0 bridgehead atoms. The Hall–Kier alpha value is -2.02. The van der Waals surface area contributed by atoms with Gasteiger partial charge in [-0.05, 0) is 37.6 Å². The molecule has 23 heavy (non-hydrogen) atoms. The Kier molecular flexibility index (Phi) is 6.46. The number of hydrogen-bond acceptors (Lipinski definition) is 5. The van der Waals surface area contributed by atoms with Gasteiger partial charge in [-0.1, -0.05) is 18.7 Å². The van der Waals surface area contributed by atoms with Crippen molar-refractivity contribution in [3.05, 3.63) is 24.3 Å². The monoisotopic (exact) mass is 334 g/mol. The molecule has 6 nitrogen and oxygen atoms in total. The van der Waals surface area contributed by atoms with E-state index in [0.717, 1.165) is 35.3 Å². The maximum absolute atomic E-state index is 11.7. The van der Waals surface area contributed by atoms with Crippen LogP contribution in [0.5, 0.6) is 5.75 Å². The number of methoxy groups -OCH3 is 1. The SMILES string of the molecule is CCCNC(=O)CSc1nnc(-c2ccc(OC)cc2)n1CC. The van der Waals surface area contributed by atoms with Crippen LogP contribution in [-0.4, -0.2) is 40.1 Å². The number of amides is 1. The molecule has 124 valence electrons. The molecular formula is C16H22N4O2S. The lowest BCUT2D eigenvalue weighted by Gasteiger charge is -2.08. The Morgan fingerprint density at radius 1 is 1.26 bits per heavy atom. The third-order valence-corrected chi connectivity index (χ3v) is 4.25. The van der Waals surface area contributed by atoms with Crippen LogP contribution in [-0.2, 0) is 11.3 Å². The Morgan fingerprint density at radius 2 is 2.00 bits per heavy atom. The van der Waals surface area contributed by atoms with E-state index in [-0.39, 0.29) is 5.91 Å². The zero-order valence-corrected chi connectivity index (χ0v) is 14.5. The molecule has 1 heterocycles. The van der Waals surface area contributed by atoms with Crippen LogP contribution in [0.25, 0.3) is 11.4 Å². The fourth-order valence-corrected chi connectivity index (χ4v) is 2.91. The molecule has 0 saturated heterocycles. The van der Waals surface area contributed by atoms with Gasteiger partial charge in [0.15, 0.2) is 11.0 Å². The number of rotatable bonds is 8. The van der Waals surface area contributed by atoms with Gasteiger partial charge in [0.2, 0.25) is 5.91 Å². The molecule has 0 aliphatic heterocycles. The van der Waals surface area contributed by atoms with Gasteiger partial charge in [-0.25, -0.2) is 0 Å². The summed E-state index contributed by atoms with van der Waals surface area (Å²) in [4.78, 5) is 11.7. The van der Waals surface area contributed by atoms with Gasteiger partial charge in [0, 0.05) is 18.7 Å². The predicted octanol–water partition coefficient (Wildman–Crippen LogP) is 2.59. The van der Waals surface area contributed by atoms with Gasteiger partial charge in [0.05, 0.1) is 12.9 Å². The highest BCUT2D eigenvalue weighted by molar-refractivity contribution is 7.99. The Bertz CT molecular complexity index is 640. The van der Waals surface area contributed by atoms with Crippen LogP contribution >= 0.6 is 11.8 Å². The third kappa shape index (κ3) is 4.48. The maximum atomic E-state index is 11.7. The van der Waals surface area contributed by atoms with E-state index < -0.39 is 0 Å². The largest absolute Gasteiger partial charge is 0.497 e. The maximum Gasteiger partial charge on any atom is 0.230 e. The van der Waals surface area contributed by atoms with Crippen molar-refractivity contribution in [3.63, 3.8) is 0 Å². The summed E-state index contributed by atoms with van der Waals surface area (Å²) in [5.41, 5.74) is 0.974. The van der Waals surface area contributed by atoms with Crippen molar-refractivity contribution in [1.29, 1.82) is 0 Å². The van der Waals surface area contributed by atoms with E-state index in [1.54, 1.807) is 7.11 Å². The Morgan fingerprint density at radius 3 is 2.61 bits per heavy atom. The normalized spacial score (nSPS) is 10.6. The summed E-state index contributed by atoms with van der Waals surface area (Å²) in [6.07, 6.45) is 0.934. The summed E-state index contributed by atoms with van der Waals surface area (Å²) in [6.45, 7) is 5.52. The first-order valence-electron chi connectivity index (χ1n) is 7.66. The molecule has 0 spiro atoms. The number of carbonyl (C=O) groups excluding carboxylic acids is 1. The highest BCUT2D eigenvalue weighted by atomic mass is 32.2. The van der Waals surface area contributed by atoms with Crippen LogP contribution in [0, 0.1) is 0 Å². The van der Waals surface area contributed by atoms with E-state index in [1.807, 2.05) is 42.7 Å². The number of hydrogen-bond donors (Lipinski definition) is 1. The molecular weight excluding hydrogens is 312 g/mol. The zero-order valence-electron chi connectivity index (χ0n) is 13.7. The standard InChI is InChI=1S/C16H22N4O2S/c1-4-10-17-14(21)11-23-16-19-18-15(20(16)5-2)12-6-8-13(22-3)9-7-12/h6-9H,4-5,10-11H2,1-3H3,(H,17,21). The third-order valence-electron chi connectivity index (χ3n) is 3.29. The van der Waals surface area contributed by atoms with Crippen molar-refractivity contribution >= 4 is 17.7 Å². The molecule has 0 aliphatic rings. The smallest absolute Gasteiger partial charge is 0.230 e. The molecule has 0 aliphatic carbocycles. The quantitative estimate of drug-likeness (QED) is 0.752. The zero-order chi connectivity index (χ0) is 16.7. The molecule has 7 heteroatoms. The van der Waals surface area contributed by atoms with E-state index in [0.29, 0.717) is 12.3 Å². The number of benzene rings is 1. The fourth-order valence-electron chi connectivity index (χ4n) is 2.08. The van der Waals surface area contributed by atoms with Crippen LogP contribution in [0.2, 0.25) is 0 Å². The van der Waals surface area contributed by atoms with Gasteiger partial charge in [-0.15, -0.1) is 10.2 Å². The van der Waals surface area contributed by atoms with E-state index in [1.165, 1.54) is 11.8 Å². The molecule has 0 unspecified atom stereocenters. The van der Waals surface area contributed by atoms with Gasteiger partial charge in [0.25, 0.3) is 0 Å². The fraction of sp³-hybridized carbons (Fsp3) is 0.438. The van der Waals surface area contributed by atoms with Crippen molar-refractivity contribution in [3.8, 4) is 17.1 Å². The first kappa shape index (κ1) is 17.3. The van der Waals surface area contributed by atoms with Crippen LogP contribution < -0.4 is 10.1 Å². The van der Waals surface area contributed by atoms with E-state index in [2.05, 4.69) is 15.5 Å². The van der Waals surface area contributed by atoms with Crippen LogP contribution in [0.1, 0.15) is 20.3 Å². The average Bonchev–Trinajstić information content (AvgIpc) is 3.01. The van der Waals surface area contributed by atoms with Crippen molar-refractivity contribution in [2.24, 2.45) is 0 Å². The number of carbonyl (C=O) groups is 1. The summed E-state index contributed by atoms with van der Waals surface area (Å²) >= 11 is 1.41. The Labute approximate surface area is 140 Å². The lowest BCUT2D eigenvalue weighted by molar-refractivity contribution is -0.118. The molecule has 0 fully saturated rings. The minimum atomic E-state index is 0.0218. The first-order chi connectivity index (χ1) is 11.2. The predicted molar refractivity (Wildman–Crippen MR) is 91.7 cm³/mol. The number of nitrogens with zero attached hydrogens (tertiary/aromatic N) is 3. The summed E-state index contributed by atoms with van der Waals surface area (Å²) < 4.78 is 7.19. The van der Waals surface area contributed by atoms with Gasteiger partial charge >= 0.3 is 0 Å². The minimum Gasteiger partial charge on any atom is -0.497 e. The highest BCUT2D eigenvalue weighted by Gasteiger charge is 2.14. The van der Waals surface area contributed by atoms with Gasteiger partial charge in [-0.3, -0.25) is 4.79 Å². The Balaban J connectivity index is 2.11.